The van der Waals surface area contributed by atoms with Gasteiger partial charge in [-0.25, -0.2) is 0 Å². The lowest BCUT2D eigenvalue weighted by molar-refractivity contribution is 0.0644. The van der Waals surface area contributed by atoms with Crippen LogP contribution >= 0.6 is 11.3 Å². The van der Waals surface area contributed by atoms with Gasteiger partial charge in [0, 0.05) is 47.5 Å². The summed E-state index contributed by atoms with van der Waals surface area (Å²) in [4.78, 5) is 33.5. The summed E-state index contributed by atoms with van der Waals surface area (Å²) < 4.78 is 7.78. The van der Waals surface area contributed by atoms with Crippen LogP contribution in [0.1, 0.15) is 47.2 Å². The van der Waals surface area contributed by atoms with Crippen LogP contribution in [0.4, 0.5) is 5.69 Å². The number of carbonyl (C=O) groups excluding carboxylic acids is 2. The topological polar surface area (TPSA) is 76.5 Å². The number of rotatable bonds is 5. The molecule has 37 heavy (non-hydrogen) atoms. The van der Waals surface area contributed by atoms with Crippen LogP contribution < -0.4 is 10.1 Å². The zero-order valence-corrected chi connectivity index (χ0v) is 22.5. The maximum atomic E-state index is 13.7. The van der Waals surface area contributed by atoms with Gasteiger partial charge in [-0.2, -0.15) is 0 Å². The highest BCUT2D eigenvalue weighted by atomic mass is 32.1. The summed E-state index contributed by atoms with van der Waals surface area (Å²) in [5, 5.41) is 5.04. The van der Waals surface area contributed by atoms with Crippen molar-refractivity contribution in [1.82, 2.24) is 14.5 Å². The average molecular weight is 515 g/mol. The number of thiophene rings is 1. The van der Waals surface area contributed by atoms with E-state index in [1.165, 1.54) is 6.20 Å². The third-order valence-electron chi connectivity index (χ3n) is 6.87. The van der Waals surface area contributed by atoms with Crippen molar-refractivity contribution in [2.24, 2.45) is 0 Å². The van der Waals surface area contributed by atoms with Gasteiger partial charge >= 0.3 is 0 Å². The molecule has 0 aliphatic carbocycles. The van der Waals surface area contributed by atoms with Crippen molar-refractivity contribution in [2.75, 3.05) is 19.5 Å². The second kappa shape index (κ2) is 9.52. The Bertz CT molecular complexity index is 1470. The molecular weight excluding hydrogens is 484 g/mol. The summed E-state index contributed by atoms with van der Waals surface area (Å²) in [5.74, 6) is 0.315. The lowest BCUT2D eigenvalue weighted by atomic mass is 9.94. The van der Waals surface area contributed by atoms with Crippen molar-refractivity contribution in [3.63, 3.8) is 0 Å². The number of benzene rings is 1. The molecule has 3 aromatic heterocycles. The fourth-order valence-corrected chi connectivity index (χ4v) is 5.33. The van der Waals surface area contributed by atoms with Crippen LogP contribution in [0.2, 0.25) is 0 Å². The Morgan fingerprint density at radius 1 is 1.14 bits per heavy atom. The van der Waals surface area contributed by atoms with Crippen LogP contribution in [0, 0.1) is 0 Å². The zero-order valence-electron chi connectivity index (χ0n) is 21.7. The van der Waals surface area contributed by atoms with E-state index in [-0.39, 0.29) is 17.4 Å². The molecule has 190 valence electrons. The summed E-state index contributed by atoms with van der Waals surface area (Å²) in [5.41, 5.74) is 5.47. The van der Waals surface area contributed by atoms with Gasteiger partial charge in [-0.1, -0.05) is 6.07 Å². The van der Waals surface area contributed by atoms with E-state index in [2.05, 4.69) is 20.9 Å². The number of hydrogen-bond acceptors (Lipinski definition) is 5. The first kappa shape index (κ1) is 24.8. The predicted molar refractivity (Wildman–Crippen MR) is 147 cm³/mol. The van der Waals surface area contributed by atoms with Crippen LogP contribution in [-0.2, 0) is 13.0 Å². The summed E-state index contributed by atoms with van der Waals surface area (Å²) in [6.45, 7) is 6.77. The molecule has 4 aromatic rings. The highest BCUT2D eigenvalue weighted by Crippen LogP contribution is 2.45. The third kappa shape index (κ3) is 4.53. The van der Waals surface area contributed by atoms with E-state index in [1.807, 2.05) is 57.5 Å². The number of hydrogen-bond donors (Lipinski definition) is 1. The molecule has 2 amide bonds. The number of anilines is 1. The van der Waals surface area contributed by atoms with Crippen LogP contribution in [0.25, 0.3) is 21.7 Å². The second-order valence-electron chi connectivity index (χ2n) is 10.1. The average Bonchev–Trinajstić information content (AvgIpc) is 3.55. The number of carbonyl (C=O) groups is 2. The smallest absolute Gasteiger partial charge is 0.270 e. The molecule has 0 bridgehead atoms. The van der Waals surface area contributed by atoms with Crippen LogP contribution in [-0.4, -0.2) is 46.0 Å². The molecule has 0 fully saturated rings. The van der Waals surface area contributed by atoms with Crippen molar-refractivity contribution < 1.29 is 14.3 Å². The number of amides is 2. The van der Waals surface area contributed by atoms with Crippen molar-refractivity contribution >= 4 is 28.8 Å². The van der Waals surface area contributed by atoms with Gasteiger partial charge in [0.25, 0.3) is 11.8 Å². The molecule has 1 N–H and O–H groups in total. The highest BCUT2D eigenvalue weighted by Gasteiger charge is 2.32. The normalized spacial score (nSPS) is 12.5. The molecule has 0 radical (unpaired) electrons. The number of aromatic nitrogens is 2. The van der Waals surface area contributed by atoms with Crippen molar-refractivity contribution in [3.8, 4) is 27.4 Å². The van der Waals surface area contributed by atoms with Crippen LogP contribution in [0.3, 0.4) is 0 Å². The molecule has 0 unspecified atom stereocenters. The minimum Gasteiger partial charge on any atom is -0.495 e. The van der Waals surface area contributed by atoms with Gasteiger partial charge < -0.3 is 19.5 Å². The van der Waals surface area contributed by atoms with E-state index in [0.29, 0.717) is 29.2 Å². The standard InChI is InChI=1S/C29H30N4O3S/c1-29(2,3)32(4)28(35)23-16-21(25-9-7-13-37-25)26-20-15-22(31-27(34)19-8-6-11-30-17-19)24(36-5)14-18(20)10-12-33(23)26/h6-9,11,13-17H,10,12H2,1-5H3,(H,31,34). The molecule has 1 aliphatic rings. The Kier molecular flexibility index (Phi) is 6.37. The molecule has 0 saturated carbocycles. The Labute approximate surface area is 220 Å². The number of methoxy groups -OCH3 is 1. The van der Waals surface area contributed by atoms with E-state index in [4.69, 9.17) is 4.74 Å². The molecule has 7 nitrogen and oxygen atoms in total. The lowest BCUT2D eigenvalue weighted by Crippen LogP contribution is -2.43. The number of nitrogens with zero attached hydrogens (tertiary/aromatic N) is 3. The van der Waals surface area contributed by atoms with E-state index in [1.54, 1.807) is 41.7 Å². The SMILES string of the molecule is COc1cc2c(cc1NC(=O)c1cccnc1)-c1c(-c3cccs3)cc(C(=O)N(C)C(C)(C)C)n1CC2. The Hall–Kier alpha value is -3.91. The number of ether oxygens (including phenoxy) is 1. The maximum absolute atomic E-state index is 13.7. The zero-order chi connectivity index (χ0) is 26.3. The minimum atomic E-state index is -0.311. The van der Waals surface area contributed by atoms with Crippen molar-refractivity contribution in [3.05, 3.63) is 77.1 Å². The van der Waals surface area contributed by atoms with Crippen molar-refractivity contribution in [2.45, 2.75) is 39.3 Å². The molecule has 5 rings (SSSR count). The minimum absolute atomic E-state index is 0.0152. The molecule has 1 aromatic carbocycles. The third-order valence-corrected chi connectivity index (χ3v) is 7.77. The molecule has 1 aliphatic heterocycles. The van der Waals surface area contributed by atoms with E-state index < -0.39 is 0 Å². The van der Waals surface area contributed by atoms with Gasteiger partial charge in [-0.3, -0.25) is 14.6 Å². The van der Waals surface area contributed by atoms with Gasteiger partial charge in [0.05, 0.1) is 24.1 Å². The largest absolute Gasteiger partial charge is 0.495 e. The number of aryl methyl sites for hydroxylation is 1. The summed E-state index contributed by atoms with van der Waals surface area (Å²) in [7, 11) is 3.45. The highest BCUT2D eigenvalue weighted by molar-refractivity contribution is 7.13. The quantitative estimate of drug-likeness (QED) is 0.356. The Morgan fingerprint density at radius 2 is 1.95 bits per heavy atom. The fraction of sp³-hybridized carbons (Fsp3) is 0.276. The molecule has 8 heteroatoms. The van der Waals surface area contributed by atoms with E-state index in [9.17, 15) is 9.59 Å². The van der Waals surface area contributed by atoms with Crippen LogP contribution in [0.15, 0.2) is 60.2 Å². The van der Waals surface area contributed by atoms with Gasteiger partial charge in [-0.05, 0) is 74.5 Å². The molecule has 4 heterocycles. The monoisotopic (exact) mass is 514 g/mol. The Balaban J connectivity index is 1.66. The van der Waals surface area contributed by atoms with E-state index in [0.717, 1.165) is 33.7 Å². The fourth-order valence-electron chi connectivity index (χ4n) is 4.58. The summed E-state index contributed by atoms with van der Waals surface area (Å²) in [6, 6.07) is 13.5. The van der Waals surface area contributed by atoms with Crippen molar-refractivity contribution in [1.29, 1.82) is 0 Å². The second-order valence-corrected chi connectivity index (χ2v) is 11.1. The molecule has 0 saturated heterocycles. The summed E-state index contributed by atoms with van der Waals surface area (Å²) in [6.07, 6.45) is 3.91. The van der Waals surface area contributed by atoms with E-state index >= 15 is 0 Å². The molecule has 0 spiro atoms. The number of fused-ring (bicyclic) bond motifs is 3. The number of nitrogens with one attached hydrogen (secondary N) is 1. The first-order valence-corrected chi connectivity index (χ1v) is 13.0. The first-order chi connectivity index (χ1) is 17.7. The van der Waals surface area contributed by atoms with Gasteiger partial charge in [0.1, 0.15) is 11.4 Å². The predicted octanol–water partition coefficient (Wildman–Crippen LogP) is 5.97. The lowest BCUT2D eigenvalue weighted by Gasteiger charge is -2.32. The Morgan fingerprint density at radius 3 is 2.59 bits per heavy atom. The molecular formula is C29H30N4O3S. The number of pyridine rings is 1. The van der Waals surface area contributed by atoms with Gasteiger partial charge in [-0.15, -0.1) is 11.3 Å². The summed E-state index contributed by atoms with van der Waals surface area (Å²) >= 11 is 1.64. The van der Waals surface area contributed by atoms with Crippen LogP contribution in [0.5, 0.6) is 5.75 Å². The van der Waals surface area contributed by atoms with Gasteiger partial charge in [0.15, 0.2) is 0 Å². The first-order valence-electron chi connectivity index (χ1n) is 12.2. The van der Waals surface area contributed by atoms with Gasteiger partial charge in [0.2, 0.25) is 0 Å². The maximum Gasteiger partial charge on any atom is 0.270 e. The molecule has 0 atom stereocenters.